The molecular weight excluding hydrogens is 775 g/mol. The van der Waals surface area contributed by atoms with Gasteiger partial charge in [0.25, 0.3) is 0 Å². The number of pyridine rings is 3. The molecule has 7 aromatic carbocycles. The van der Waals surface area contributed by atoms with E-state index in [1.54, 1.807) is 12.4 Å². The highest BCUT2D eigenvalue weighted by atomic mass is 16.3. The van der Waals surface area contributed by atoms with Crippen molar-refractivity contribution in [2.75, 3.05) is 0 Å². The smallest absolute Gasteiger partial charge is 0.227 e. The highest BCUT2D eigenvalue weighted by Gasteiger charge is 2.15. The first-order valence-electron chi connectivity index (χ1n) is 21.0. The van der Waals surface area contributed by atoms with E-state index in [4.69, 9.17) is 18.2 Å². The minimum Gasteiger partial charge on any atom is -0.454 e. The summed E-state index contributed by atoms with van der Waals surface area (Å²) in [6.07, 6.45) is 3.52. The molecule has 0 fully saturated rings. The lowest BCUT2D eigenvalue weighted by Crippen LogP contribution is -1.86. The Labute approximate surface area is 360 Å². The normalized spacial score (nSPS) is 11.8. The van der Waals surface area contributed by atoms with Crippen LogP contribution in [-0.2, 0) is 0 Å². The Morgan fingerprint density at radius 2 is 0.651 bits per heavy atom. The standard InChI is InChI=1S/C57H33N3O3/c1-7-34(27-37(10-1)41-17-21-51-47(31-41)45-15-5-25-58-56(45)62-51)35-8-2-12-39(28-35)43-19-23-53-49(33-43)55-54(61-53)24-20-50(60-55)44-14-4-13-40(30-44)36-9-3-11-38(29-36)42-18-22-52-48(32-42)46-16-6-26-59-57(46)63-52/h1-33H. The van der Waals surface area contributed by atoms with E-state index < -0.39 is 0 Å². The minimum atomic E-state index is 0.656. The van der Waals surface area contributed by atoms with Crippen LogP contribution in [0.25, 0.3) is 133 Å². The molecule has 0 aliphatic heterocycles. The van der Waals surface area contributed by atoms with Crippen molar-refractivity contribution in [3.63, 3.8) is 0 Å². The van der Waals surface area contributed by atoms with Crippen LogP contribution in [0.5, 0.6) is 0 Å². The van der Waals surface area contributed by atoms with E-state index >= 15 is 0 Å². The van der Waals surface area contributed by atoms with Crippen molar-refractivity contribution in [3.05, 3.63) is 200 Å². The van der Waals surface area contributed by atoms with Gasteiger partial charge in [-0.3, -0.25) is 0 Å². The zero-order chi connectivity index (χ0) is 41.4. The maximum absolute atomic E-state index is 6.34. The SMILES string of the molecule is c1cc(-c2cccc(-c3ccc4oc5ccc(-c6cccc(-c7cccc(-c8ccc9oc%10ncccc%10c9c8)c7)c6)nc5c4c3)c2)cc(-c2ccc3oc4ncccc4c3c2)c1. The molecule has 63 heavy (non-hydrogen) atoms. The number of nitrogens with zero attached hydrogens (tertiary/aromatic N) is 3. The van der Waals surface area contributed by atoms with Gasteiger partial charge in [0, 0.05) is 44.9 Å². The second kappa shape index (κ2) is 14.0. The van der Waals surface area contributed by atoms with Gasteiger partial charge in [-0.15, -0.1) is 0 Å². The van der Waals surface area contributed by atoms with Crippen molar-refractivity contribution in [1.29, 1.82) is 0 Å². The van der Waals surface area contributed by atoms with Crippen LogP contribution in [0.2, 0.25) is 0 Å². The van der Waals surface area contributed by atoms with Crippen molar-refractivity contribution in [2.24, 2.45) is 0 Å². The van der Waals surface area contributed by atoms with E-state index in [9.17, 15) is 0 Å². The lowest BCUT2D eigenvalue weighted by Gasteiger charge is -2.09. The van der Waals surface area contributed by atoms with Gasteiger partial charge < -0.3 is 13.3 Å². The Kier molecular flexibility index (Phi) is 7.80. The monoisotopic (exact) mass is 807 g/mol. The number of hydrogen-bond acceptors (Lipinski definition) is 6. The molecule has 0 bridgehead atoms. The van der Waals surface area contributed by atoms with Gasteiger partial charge in [0.2, 0.25) is 11.4 Å². The quantitative estimate of drug-likeness (QED) is 0.166. The molecule has 6 heteroatoms. The number of furan rings is 3. The Morgan fingerprint density at radius 1 is 0.270 bits per heavy atom. The lowest BCUT2D eigenvalue weighted by atomic mass is 9.95. The van der Waals surface area contributed by atoms with Crippen molar-refractivity contribution in [1.82, 2.24) is 15.0 Å². The summed E-state index contributed by atoms with van der Waals surface area (Å²) in [6, 6.07) is 65.9. The predicted molar refractivity (Wildman–Crippen MR) is 254 cm³/mol. The van der Waals surface area contributed by atoms with Gasteiger partial charge >= 0.3 is 0 Å². The maximum Gasteiger partial charge on any atom is 0.227 e. The van der Waals surface area contributed by atoms with Crippen molar-refractivity contribution in [3.8, 4) is 66.9 Å². The van der Waals surface area contributed by atoms with Crippen molar-refractivity contribution < 1.29 is 13.3 Å². The summed E-state index contributed by atoms with van der Waals surface area (Å²) < 4.78 is 18.3. The molecule has 0 saturated carbocycles. The third-order valence-electron chi connectivity index (χ3n) is 12.2. The number of aromatic nitrogens is 3. The molecule has 0 aliphatic carbocycles. The summed E-state index contributed by atoms with van der Waals surface area (Å²) in [4.78, 5) is 14.0. The first kappa shape index (κ1) is 35.2. The van der Waals surface area contributed by atoms with Crippen LogP contribution in [-0.4, -0.2) is 15.0 Å². The average Bonchev–Trinajstić information content (AvgIpc) is 4.04. The van der Waals surface area contributed by atoms with Gasteiger partial charge in [0.1, 0.15) is 22.3 Å². The lowest BCUT2D eigenvalue weighted by molar-refractivity contribution is 0.653. The summed E-state index contributed by atoms with van der Waals surface area (Å²) in [5, 5.41) is 5.15. The number of fused-ring (bicyclic) bond motifs is 9. The largest absolute Gasteiger partial charge is 0.454 e. The average molecular weight is 808 g/mol. The highest BCUT2D eigenvalue weighted by Crippen LogP contribution is 2.38. The first-order valence-corrected chi connectivity index (χ1v) is 21.0. The number of hydrogen-bond donors (Lipinski definition) is 0. The Bertz CT molecular complexity index is 3690. The van der Waals surface area contributed by atoms with E-state index in [0.717, 1.165) is 122 Å². The van der Waals surface area contributed by atoms with Crippen LogP contribution >= 0.6 is 0 Å². The summed E-state index contributed by atoms with van der Waals surface area (Å²) in [5.74, 6) is 0. The first-order chi connectivity index (χ1) is 31.1. The van der Waals surface area contributed by atoms with Crippen LogP contribution in [0.3, 0.4) is 0 Å². The Balaban J connectivity index is 0.813. The molecule has 13 aromatic rings. The second-order valence-electron chi connectivity index (χ2n) is 16.0. The van der Waals surface area contributed by atoms with Gasteiger partial charge in [-0.05, 0) is 153 Å². The van der Waals surface area contributed by atoms with E-state index in [1.165, 1.54) is 0 Å². The molecule has 13 rings (SSSR count). The maximum atomic E-state index is 6.34. The molecule has 294 valence electrons. The Morgan fingerprint density at radius 3 is 1.13 bits per heavy atom. The molecule has 0 saturated heterocycles. The zero-order valence-electron chi connectivity index (χ0n) is 33.6. The van der Waals surface area contributed by atoms with E-state index in [1.807, 2.05) is 36.4 Å². The van der Waals surface area contributed by atoms with Crippen LogP contribution in [0, 0.1) is 0 Å². The zero-order valence-corrected chi connectivity index (χ0v) is 33.6. The fourth-order valence-electron chi connectivity index (χ4n) is 9.06. The molecular formula is C57H33N3O3. The van der Waals surface area contributed by atoms with Crippen LogP contribution in [0.15, 0.2) is 214 Å². The van der Waals surface area contributed by atoms with Crippen LogP contribution in [0.1, 0.15) is 0 Å². The van der Waals surface area contributed by atoms with E-state index in [-0.39, 0.29) is 0 Å². The third kappa shape index (κ3) is 5.99. The second-order valence-corrected chi connectivity index (χ2v) is 16.0. The molecule has 0 radical (unpaired) electrons. The molecule has 0 N–H and O–H groups in total. The fraction of sp³-hybridized carbons (Fsp3) is 0. The number of benzene rings is 7. The van der Waals surface area contributed by atoms with Gasteiger partial charge in [0.05, 0.1) is 5.69 Å². The van der Waals surface area contributed by atoms with Crippen molar-refractivity contribution >= 4 is 66.2 Å². The summed E-state index contributed by atoms with van der Waals surface area (Å²) in [5.41, 5.74) is 18.6. The molecule has 0 aliphatic rings. The summed E-state index contributed by atoms with van der Waals surface area (Å²) >= 11 is 0. The molecule has 0 atom stereocenters. The topological polar surface area (TPSA) is 78.1 Å². The molecule has 0 amide bonds. The molecule has 6 aromatic heterocycles. The van der Waals surface area contributed by atoms with E-state index in [0.29, 0.717) is 11.4 Å². The van der Waals surface area contributed by atoms with E-state index in [2.05, 4.69) is 162 Å². The fourth-order valence-corrected chi connectivity index (χ4v) is 9.06. The third-order valence-corrected chi connectivity index (χ3v) is 12.2. The Hall–Kier alpha value is -8.61. The van der Waals surface area contributed by atoms with Gasteiger partial charge in [0.15, 0.2) is 5.58 Å². The van der Waals surface area contributed by atoms with Gasteiger partial charge in [-0.25, -0.2) is 15.0 Å². The molecule has 6 heterocycles. The number of rotatable bonds is 6. The molecule has 0 spiro atoms. The summed E-state index contributed by atoms with van der Waals surface area (Å²) in [7, 11) is 0. The van der Waals surface area contributed by atoms with Gasteiger partial charge in [-0.2, -0.15) is 0 Å². The molecule has 6 nitrogen and oxygen atoms in total. The highest BCUT2D eigenvalue weighted by molar-refractivity contribution is 6.07. The van der Waals surface area contributed by atoms with Gasteiger partial charge in [-0.1, -0.05) is 91.0 Å². The summed E-state index contributed by atoms with van der Waals surface area (Å²) in [6.45, 7) is 0. The minimum absolute atomic E-state index is 0.656. The molecule has 0 unspecified atom stereocenters. The van der Waals surface area contributed by atoms with Crippen molar-refractivity contribution in [2.45, 2.75) is 0 Å². The van der Waals surface area contributed by atoms with Crippen LogP contribution in [0.4, 0.5) is 0 Å². The predicted octanol–water partition coefficient (Wildman–Crippen LogP) is 15.6. The van der Waals surface area contributed by atoms with Crippen LogP contribution < -0.4 is 0 Å².